The monoisotopic (exact) mass is 475 g/mol. The number of amides is 3. The quantitative estimate of drug-likeness (QED) is 0.490. The van der Waals surface area contributed by atoms with Crippen LogP contribution in [-0.4, -0.2) is 21.8 Å². The third-order valence-corrected chi connectivity index (χ3v) is 6.68. The van der Waals surface area contributed by atoms with Gasteiger partial charge in [-0.3, -0.25) is 9.69 Å². The van der Waals surface area contributed by atoms with Gasteiger partial charge in [0, 0.05) is 5.38 Å². The molecular formula is C22H19Cl2N3O3S. The summed E-state index contributed by atoms with van der Waals surface area (Å²) < 4.78 is 5.75. The van der Waals surface area contributed by atoms with Gasteiger partial charge in [0.1, 0.15) is 22.9 Å². The van der Waals surface area contributed by atoms with Gasteiger partial charge >= 0.3 is 6.03 Å². The number of thiazole rings is 1. The Morgan fingerprint density at radius 1 is 1.13 bits per heavy atom. The lowest BCUT2D eigenvalue weighted by Crippen LogP contribution is -2.40. The first-order valence-corrected chi connectivity index (χ1v) is 11.1. The van der Waals surface area contributed by atoms with Crippen molar-refractivity contribution < 1.29 is 14.3 Å². The van der Waals surface area contributed by atoms with Crippen LogP contribution in [0.2, 0.25) is 10.0 Å². The number of aryl methyl sites for hydroxylation is 1. The Labute approximate surface area is 193 Å². The summed E-state index contributed by atoms with van der Waals surface area (Å²) in [6, 6.07) is 12.2. The van der Waals surface area contributed by atoms with E-state index in [-0.39, 0.29) is 12.5 Å². The number of nitrogens with one attached hydrogen (secondary N) is 1. The molecule has 31 heavy (non-hydrogen) atoms. The predicted octanol–water partition coefficient (Wildman–Crippen LogP) is 5.30. The molecule has 3 aromatic rings. The van der Waals surface area contributed by atoms with Gasteiger partial charge in [0.15, 0.2) is 0 Å². The van der Waals surface area contributed by atoms with Crippen molar-refractivity contribution in [3.8, 4) is 5.75 Å². The standard InChI is InChI=1S/C22H19Cl2N3O3S/c1-13-3-6-16(7-4-13)30-11-19-25-15(12-31-19)10-27-20(28)22(2,26-21(27)29)14-5-8-17(23)18(24)9-14/h3-9,12H,10-11H2,1-2H3,(H,26,29). The number of nitrogens with zero attached hydrogens (tertiary/aromatic N) is 2. The van der Waals surface area contributed by atoms with Crippen LogP contribution in [0.15, 0.2) is 47.8 Å². The maximum atomic E-state index is 13.1. The van der Waals surface area contributed by atoms with Crippen LogP contribution < -0.4 is 10.1 Å². The third kappa shape index (κ3) is 4.39. The Balaban J connectivity index is 1.44. The number of carbonyl (C=O) groups is 2. The summed E-state index contributed by atoms with van der Waals surface area (Å²) in [5, 5.41) is 6.04. The highest BCUT2D eigenvalue weighted by Crippen LogP contribution is 2.33. The molecular weight excluding hydrogens is 457 g/mol. The second-order valence-electron chi connectivity index (χ2n) is 7.41. The fourth-order valence-electron chi connectivity index (χ4n) is 3.27. The molecule has 2 aromatic carbocycles. The van der Waals surface area contributed by atoms with Gasteiger partial charge in [-0.15, -0.1) is 11.3 Å². The minimum Gasteiger partial charge on any atom is -0.486 e. The molecule has 1 N–H and O–H groups in total. The molecule has 9 heteroatoms. The van der Waals surface area contributed by atoms with Crippen LogP contribution in [0, 0.1) is 6.92 Å². The Bertz CT molecular complexity index is 1150. The van der Waals surface area contributed by atoms with Crippen molar-refractivity contribution in [1.29, 1.82) is 0 Å². The van der Waals surface area contributed by atoms with Gasteiger partial charge in [-0.1, -0.05) is 47.0 Å². The molecule has 1 aliphatic rings. The maximum Gasteiger partial charge on any atom is 0.325 e. The van der Waals surface area contributed by atoms with Crippen molar-refractivity contribution in [2.24, 2.45) is 0 Å². The number of rotatable bonds is 6. The zero-order valence-electron chi connectivity index (χ0n) is 16.8. The molecule has 0 radical (unpaired) electrons. The van der Waals surface area contributed by atoms with Crippen molar-refractivity contribution in [3.05, 3.63) is 79.7 Å². The lowest BCUT2D eigenvalue weighted by atomic mass is 9.92. The summed E-state index contributed by atoms with van der Waals surface area (Å²) in [4.78, 5) is 31.3. The molecule has 3 amide bonds. The molecule has 1 atom stereocenters. The number of imide groups is 1. The molecule has 0 aliphatic carbocycles. The van der Waals surface area contributed by atoms with E-state index in [0.717, 1.165) is 21.2 Å². The summed E-state index contributed by atoms with van der Waals surface area (Å²) in [5.41, 5.74) is 1.12. The van der Waals surface area contributed by atoms with Crippen molar-refractivity contribution in [1.82, 2.24) is 15.2 Å². The van der Waals surface area contributed by atoms with E-state index in [1.165, 1.54) is 11.3 Å². The highest BCUT2D eigenvalue weighted by atomic mass is 35.5. The van der Waals surface area contributed by atoms with Crippen LogP contribution in [-0.2, 0) is 23.5 Å². The van der Waals surface area contributed by atoms with Crippen LogP contribution in [0.5, 0.6) is 5.75 Å². The van der Waals surface area contributed by atoms with Gasteiger partial charge in [-0.2, -0.15) is 0 Å². The highest BCUT2D eigenvalue weighted by Gasteiger charge is 2.49. The van der Waals surface area contributed by atoms with Crippen LogP contribution in [0.1, 0.15) is 28.8 Å². The van der Waals surface area contributed by atoms with Crippen LogP contribution >= 0.6 is 34.5 Å². The number of ether oxygens (including phenoxy) is 1. The molecule has 160 valence electrons. The molecule has 1 aromatic heterocycles. The maximum absolute atomic E-state index is 13.1. The predicted molar refractivity (Wildman–Crippen MR) is 121 cm³/mol. The minimum absolute atomic E-state index is 0.0720. The number of hydrogen-bond acceptors (Lipinski definition) is 5. The molecule has 6 nitrogen and oxygen atoms in total. The molecule has 2 heterocycles. The van der Waals surface area contributed by atoms with Crippen molar-refractivity contribution in [2.45, 2.75) is 32.5 Å². The Morgan fingerprint density at radius 2 is 1.87 bits per heavy atom. The first-order valence-electron chi connectivity index (χ1n) is 9.48. The van der Waals surface area contributed by atoms with E-state index in [0.29, 0.717) is 27.9 Å². The zero-order valence-corrected chi connectivity index (χ0v) is 19.1. The summed E-state index contributed by atoms with van der Waals surface area (Å²) in [6.07, 6.45) is 0. The number of carbonyl (C=O) groups excluding carboxylic acids is 2. The van der Waals surface area contributed by atoms with Crippen LogP contribution in [0.4, 0.5) is 4.79 Å². The molecule has 0 saturated carbocycles. The minimum atomic E-state index is -1.22. The number of benzene rings is 2. The van der Waals surface area contributed by atoms with E-state index < -0.39 is 11.6 Å². The topological polar surface area (TPSA) is 71.5 Å². The first kappa shape index (κ1) is 21.6. The Kier molecular flexibility index (Phi) is 5.92. The average molecular weight is 476 g/mol. The van der Waals surface area contributed by atoms with E-state index >= 15 is 0 Å². The Hall–Kier alpha value is -2.61. The molecule has 1 fully saturated rings. The number of urea groups is 1. The van der Waals surface area contributed by atoms with Gasteiger partial charge < -0.3 is 10.1 Å². The molecule has 1 unspecified atom stereocenters. The van der Waals surface area contributed by atoms with Crippen LogP contribution in [0.3, 0.4) is 0 Å². The fourth-order valence-corrected chi connectivity index (χ4v) is 4.27. The molecule has 0 spiro atoms. The largest absolute Gasteiger partial charge is 0.486 e. The zero-order chi connectivity index (χ0) is 22.2. The van der Waals surface area contributed by atoms with Gasteiger partial charge in [-0.25, -0.2) is 9.78 Å². The van der Waals surface area contributed by atoms with E-state index in [4.69, 9.17) is 27.9 Å². The van der Waals surface area contributed by atoms with Crippen molar-refractivity contribution >= 4 is 46.5 Å². The fraction of sp³-hybridized carbons (Fsp3) is 0.227. The van der Waals surface area contributed by atoms with Crippen molar-refractivity contribution in [2.75, 3.05) is 0 Å². The normalized spacial score (nSPS) is 18.4. The lowest BCUT2D eigenvalue weighted by molar-refractivity contribution is -0.131. The highest BCUT2D eigenvalue weighted by molar-refractivity contribution is 7.09. The molecule has 0 bridgehead atoms. The van der Waals surface area contributed by atoms with E-state index in [2.05, 4.69) is 10.3 Å². The number of halogens is 2. The lowest BCUT2D eigenvalue weighted by Gasteiger charge is -2.22. The summed E-state index contributed by atoms with van der Waals surface area (Å²) in [6.45, 7) is 4.05. The average Bonchev–Trinajstić information content (AvgIpc) is 3.28. The van der Waals surface area contributed by atoms with E-state index in [1.54, 1.807) is 25.1 Å². The van der Waals surface area contributed by atoms with Gasteiger partial charge in [0.2, 0.25) is 0 Å². The van der Waals surface area contributed by atoms with Gasteiger partial charge in [0.05, 0.1) is 22.3 Å². The number of hydrogen-bond donors (Lipinski definition) is 1. The number of aromatic nitrogens is 1. The Morgan fingerprint density at radius 3 is 2.58 bits per heavy atom. The molecule has 1 saturated heterocycles. The van der Waals surface area contributed by atoms with Gasteiger partial charge in [0.25, 0.3) is 5.91 Å². The first-order chi connectivity index (χ1) is 14.8. The third-order valence-electron chi connectivity index (χ3n) is 5.07. The van der Waals surface area contributed by atoms with E-state index in [1.807, 2.05) is 36.6 Å². The second-order valence-corrected chi connectivity index (χ2v) is 9.17. The van der Waals surface area contributed by atoms with Crippen LogP contribution in [0.25, 0.3) is 0 Å². The smallest absolute Gasteiger partial charge is 0.325 e. The SMILES string of the molecule is Cc1ccc(OCc2nc(CN3C(=O)NC(C)(c4ccc(Cl)c(Cl)c4)C3=O)cs2)cc1. The molecule has 4 rings (SSSR count). The molecule has 1 aliphatic heterocycles. The second kappa shape index (κ2) is 8.49. The summed E-state index contributed by atoms with van der Waals surface area (Å²) in [5.74, 6) is 0.384. The summed E-state index contributed by atoms with van der Waals surface area (Å²) in [7, 11) is 0. The van der Waals surface area contributed by atoms with E-state index in [9.17, 15) is 9.59 Å². The van der Waals surface area contributed by atoms with Crippen molar-refractivity contribution in [3.63, 3.8) is 0 Å². The van der Waals surface area contributed by atoms with Gasteiger partial charge in [-0.05, 0) is 43.7 Å². The summed E-state index contributed by atoms with van der Waals surface area (Å²) >= 11 is 13.5.